The van der Waals surface area contributed by atoms with Crippen LogP contribution in [0.15, 0.2) is 24.3 Å². The highest BCUT2D eigenvalue weighted by Gasteiger charge is 2.21. The summed E-state index contributed by atoms with van der Waals surface area (Å²) in [5.41, 5.74) is 2.51. The van der Waals surface area contributed by atoms with Crippen molar-refractivity contribution in [3.63, 3.8) is 0 Å². The lowest BCUT2D eigenvalue weighted by atomic mass is 9.92. The maximum atomic E-state index is 12.4. The Bertz CT molecular complexity index is 770. The van der Waals surface area contributed by atoms with E-state index in [1.807, 2.05) is 20.8 Å². The summed E-state index contributed by atoms with van der Waals surface area (Å²) in [5.74, 6) is -1.26. The normalized spacial score (nSPS) is 11.3. The Hall–Kier alpha value is -2.63. The molecule has 0 bridgehead atoms. The lowest BCUT2D eigenvalue weighted by Gasteiger charge is -2.13. The van der Waals surface area contributed by atoms with E-state index in [4.69, 9.17) is 5.11 Å². The summed E-state index contributed by atoms with van der Waals surface area (Å²) >= 11 is 0. The van der Waals surface area contributed by atoms with E-state index >= 15 is 0 Å². The van der Waals surface area contributed by atoms with Gasteiger partial charge in [0, 0.05) is 18.2 Å². The number of carboxylic acids is 1. The monoisotopic (exact) mass is 315 g/mol. The van der Waals surface area contributed by atoms with Crippen LogP contribution in [0.4, 0.5) is 5.69 Å². The van der Waals surface area contributed by atoms with Crippen LogP contribution in [0.25, 0.3) is 0 Å². The van der Waals surface area contributed by atoms with Crippen LogP contribution in [-0.2, 0) is 12.5 Å². The topological polar surface area (TPSA) is 84.2 Å². The second-order valence-electron chi connectivity index (χ2n) is 6.58. The number of amides is 1. The Morgan fingerprint density at radius 3 is 2.35 bits per heavy atom. The fourth-order valence-electron chi connectivity index (χ4n) is 2.22. The molecule has 1 aromatic heterocycles. The van der Waals surface area contributed by atoms with Crippen molar-refractivity contribution in [3.05, 3.63) is 46.8 Å². The van der Waals surface area contributed by atoms with Gasteiger partial charge in [-0.05, 0) is 36.8 Å². The molecule has 0 spiro atoms. The number of nitrogens with zero attached hydrogens (tertiary/aromatic N) is 2. The number of nitrogens with one attached hydrogen (secondary N) is 1. The van der Waals surface area contributed by atoms with Crippen LogP contribution in [0.1, 0.15) is 52.9 Å². The molecule has 122 valence electrons. The van der Waals surface area contributed by atoms with Gasteiger partial charge in [-0.1, -0.05) is 20.8 Å². The quantitative estimate of drug-likeness (QED) is 0.912. The molecule has 0 unspecified atom stereocenters. The number of aromatic nitrogens is 2. The van der Waals surface area contributed by atoms with E-state index < -0.39 is 5.97 Å². The molecule has 1 heterocycles. The van der Waals surface area contributed by atoms with Crippen LogP contribution < -0.4 is 5.32 Å². The van der Waals surface area contributed by atoms with Crippen molar-refractivity contribution in [2.24, 2.45) is 7.05 Å². The molecular weight excluding hydrogens is 294 g/mol. The largest absolute Gasteiger partial charge is 0.478 e. The molecule has 2 N–H and O–H groups in total. The standard InChI is InChI=1S/C17H21N3O3/c1-10-8-11(6-7-12(10)16(22)23)18-15(21)13-9-14(17(2,3)4)19-20(13)5/h6-9H,1-5H3,(H,18,21)(H,22,23). The van der Waals surface area contributed by atoms with E-state index in [0.29, 0.717) is 16.9 Å². The molecule has 0 saturated carbocycles. The first-order valence-corrected chi connectivity index (χ1v) is 7.29. The van der Waals surface area contributed by atoms with Gasteiger partial charge in [0.05, 0.1) is 11.3 Å². The number of benzene rings is 1. The Balaban J connectivity index is 2.24. The van der Waals surface area contributed by atoms with Gasteiger partial charge in [-0.15, -0.1) is 0 Å². The van der Waals surface area contributed by atoms with Crippen LogP contribution in [-0.4, -0.2) is 26.8 Å². The molecule has 2 aromatic rings. The summed E-state index contributed by atoms with van der Waals surface area (Å²) in [7, 11) is 1.73. The fraction of sp³-hybridized carbons (Fsp3) is 0.353. The first-order chi connectivity index (χ1) is 10.6. The van der Waals surface area contributed by atoms with E-state index in [2.05, 4.69) is 10.4 Å². The Morgan fingerprint density at radius 2 is 1.87 bits per heavy atom. The Kier molecular flexibility index (Phi) is 4.27. The molecule has 6 nitrogen and oxygen atoms in total. The minimum Gasteiger partial charge on any atom is -0.478 e. The van der Waals surface area contributed by atoms with Crippen LogP contribution in [0.5, 0.6) is 0 Å². The van der Waals surface area contributed by atoms with Gasteiger partial charge in [0.15, 0.2) is 0 Å². The molecule has 0 aliphatic carbocycles. The average molecular weight is 315 g/mol. The Morgan fingerprint density at radius 1 is 1.22 bits per heavy atom. The lowest BCUT2D eigenvalue weighted by molar-refractivity contribution is 0.0696. The molecule has 6 heteroatoms. The number of rotatable bonds is 3. The molecule has 0 atom stereocenters. The van der Waals surface area contributed by atoms with Crippen LogP contribution in [0.2, 0.25) is 0 Å². The van der Waals surface area contributed by atoms with Gasteiger partial charge in [0.2, 0.25) is 0 Å². The molecule has 0 aliphatic heterocycles. The van der Waals surface area contributed by atoms with Gasteiger partial charge in [-0.3, -0.25) is 9.48 Å². The fourth-order valence-corrected chi connectivity index (χ4v) is 2.22. The molecule has 0 radical (unpaired) electrons. The highest BCUT2D eigenvalue weighted by atomic mass is 16.4. The third-order valence-corrected chi connectivity index (χ3v) is 3.60. The highest BCUT2D eigenvalue weighted by molar-refractivity contribution is 6.03. The van der Waals surface area contributed by atoms with Gasteiger partial charge in [0.25, 0.3) is 5.91 Å². The third-order valence-electron chi connectivity index (χ3n) is 3.60. The van der Waals surface area contributed by atoms with Crippen molar-refractivity contribution in [1.82, 2.24) is 9.78 Å². The van der Waals surface area contributed by atoms with Crippen molar-refractivity contribution in [3.8, 4) is 0 Å². The zero-order chi connectivity index (χ0) is 17.4. The van der Waals surface area contributed by atoms with Gasteiger partial charge in [-0.25, -0.2) is 4.79 Å². The maximum absolute atomic E-state index is 12.4. The summed E-state index contributed by atoms with van der Waals surface area (Å²) in [6.07, 6.45) is 0. The van der Waals surface area contributed by atoms with Gasteiger partial charge in [-0.2, -0.15) is 5.10 Å². The highest BCUT2D eigenvalue weighted by Crippen LogP contribution is 2.22. The first-order valence-electron chi connectivity index (χ1n) is 7.29. The smallest absolute Gasteiger partial charge is 0.335 e. The first kappa shape index (κ1) is 16.7. The van der Waals surface area contributed by atoms with Crippen molar-refractivity contribution in [2.45, 2.75) is 33.1 Å². The summed E-state index contributed by atoms with van der Waals surface area (Å²) < 4.78 is 1.55. The summed E-state index contributed by atoms with van der Waals surface area (Å²) in [4.78, 5) is 23.4. The van der Waals surface area contributed by atoms with E-state index in [1.165, 1.54) is 6.07 Å². The second-order valence-corrected chi connectivity index (χ2v) is 6.58. The molecule has 0 fully saturated rings. The van der Waals surface area contributed by atoms with Crippen LogP contribution in [0.3, 0.4) is 0 Å². The number of hydrogen-bond acceptors (Lipinski definition) is 3. The zero-order valence-electron chi connectivity index (χ0n) is 14.0. The van der Waals surface area contributed by atoms with E-state index in [9.17, 15) is 9.59 Å². The van der Waals surface area contributed by atoms with Crippen LogP contribution in [0, 0.1) is 6.92 Å². The minimum absolute atomic E-state index is 0.143. The number of anilines is 1. The van der Waals surface area contributed by atoms with Crippen molar-refractivity contribution in [1.29, 1.82) is 0 Å². The van der Waals surface area contributed by atoms with E-state index in [-0.39, 0.29) is 16.9 Å². The number of hydrogen-bond donors (Lipinski definition) is 2. The number of carboxylic acid groups (broad SMARTS) is 1. The number of aromatic carboxylic acids is 1. The van der Waals surface area contributed by atoms with Gasteiger partial charge in [0.1, 0.15) is 5.69 Å². The predicted molar refractivity (Wildman–Crippen MR) is 88.0 cm³/mol. The predicted octanol–water partition coefficient (Wildman–Crippen LogP) is 2.98. The van der Waals surface area contributed by atoms with Crippen molar-refractivity contribution in [2.75, 3.05) is 5.32 Å². The number of aryl methyl sites for hydroxylation is 2. The SMILES string of the molecule is Cc1cc(NC(=O)c2cc(C(C)(C)C)nn2C)ccc1C(=O)O. The van der Waals surface area contributed by atoms with E-state index in [1.54, 1.807) is 36.9 Å². The minimum atomic E-state index is -0.984. The average Bonchev–Trinajstić information content (AvgIpc) is 2.80. The number of carbonyl (C=O) groups excluding carboxylic acids is 1. The number of carbonyl (C=O) groups is 2. The molecule has 0 saturated heterocycles. The summed E-state index contributed by atoms with van der Waals surface area (Å²) in [6, 6.07) is 6.47. The molecule has 2 rings (SSSR count). The van der Waals surface area contributed by atoms with E-state index in [0.717, 1.165) is 5.69 Å². The summed E-state index contributed by atoms with van der Waals surface area (Å²) in [5, 5.41) is 16.2. The third kappa shape index (κ3) is 3.59. The van der Waals surface area contributed by atoms with Crippen molar-refractivity contribution >= 4 is 17.6 Å². The molecular formula is C17H21N3O3. The second kappa shape index (κ2) is 5.87. The lowest BCUT2D eigenvalue weighted by Crippen LogP contribution is -2.16. The van der Waals surface area contributed by atoms with Crippen molar-refractivity contribution < 1.29 is 14.7 Å². The van der Waals surface area contributed by atoms with Gasteiger partial charge >= 0.3 is 5.97 Å². The molecule has 1 aromatic carbocycles. The van der Waals surface area contributed by atoms with Gasteiger partial charge < -0.3 is 10.4 Å². The van der Waals surface area contributed by atoms with Crippen LogP contribution >= 0.6 is 0 Å². The zero-order valence-corrected chi connectivity index (χ0v) is 14.0. The Labute approximate surface area is 135 Å². The molecule has 0 aliphatic rings. The molecule has 1 amide bonds. The summed E-state index contributed by atoms with van der Waals surface area (Å²) in [6.45, 7) is 7.79. The molecule has 23 heavy (non-hydrogen) atoms. The maximum Gasteiger partial charge on any atom is 0.335 e.